The average Bonchev–Trinajstić information content (AvgIpc) is 2.44. The molecule has 1 aromatic carbocycles. The Bertz CT molecular complexity index is 351. The Morgan fingerprint density at radius 1 is 1.21 bits per heavy atom. The van der Waals surface area contributed by atoms with Crippen LogP contribution < -0.4 is 5.32 Å². The molecule has 0 atom stereocenters. The van der Waals surface area contributed by atoms with E-state index < -0.39 is 0 Å². The maximum absolute atomic E-state index is 11.7. The number of carbonyl (C=O) groups excluding carboxylic acids is 1. The maximum atomic E-state index is 11.7. The van der Waals surface area contributed by atoms with Crippen LogP contribution in [0.5, 0.6) is 0 Å². The monoisotopic (exact) mass is 262 g/mol. The maximum Gasteiger partial charge on any atom is 0.236 e. The second-order valence-electron chi connectivity index (χ2n) is 4.93. The number of nitrogens with zero attached hydrogens (tertiary/aromatic N) is 1. The molecule has 0 saturated heterocycles. The molecule has 19 heavy (non-hydrogen) atoms. The van der Waals surface area contributed by atoms with Gasteiger partial charge in [-0.05, 0) is 37.8 Å². The summed E-state index contributed by atoms with van der Waals surface area (Å²) in [5.74, 6) is 0.188. The molecule has 3 heteroatoms. The second kappa shape index (κ2) is 9.56. The number of benzene rings is 1. The largest absolute Gasteiger partial charge is 0.345 e. The average molecular weight is 262 g/mol. The molecule has 0 spiro atoms. The fourth-order valence-corrected chi connectivity index (χ4v) is 1.95. The van der Waals surface area contributed by atoms with Gasteiger partial charge in [0.1, 0.15) is 0 Å². The Kier molecular flexibility index (Phi) is 7.91. The first kappa shape index (κ1) is 15.7. The summed E-state index contributed by atoms with van der Waals surface area (Å²) >= 11 is 0. The number of aryl methyl sites for hydroxylation is 1. The standard InChI is InChI=1S/C16H26N2O/c1-3-12-17-14-16(19)18(2)13-8-7-11-15-9-5-4-6-10-15/h4-6,9-10,17H,3,7-8,11-14H2,1-2H3. The molecule has 1 N–H and O–H groups in total. The number of unbranched alkanes of at least 4 members (excludes halogenated alkanes) is 1. The fourth-order valence-electron chi connectivity index (χ4n) is 1.95. The Labute approximate surface area is 117 Å². The number of hydrogen-bond donors (Lipinski definition) is 1. The van der Waals surface area contributed by atoms with Gasteiger partial charge < -0.3 is 10.2 Å². The quantitative estimate of drug-likeness (QED) is 0.693. The number of rotatable bonds is 9. The van der Waals surface area contributed by atoms with Crippen LogP contribution in [0, 0.1) is 0 Å². The predicted molar refractivity (Wildman–Crippen MR) is 80.2 cm³/mol. The Balaban J connectivity index is 2.09. The minimum atomic E-state index is 0.188. The van der Waals surface area contributed by atoms with Crippen LogP contribution in [0.4, 0.5) is 0 Å². The third kappa shape index (κ3) is 6.97. The summed E-state index contributed by atoms with van der Waals surface area (Å²) in [4.78, 5) is 13.6. The van der Waals surface area contributed by atoms with Crippen LogP contribution in [0.25, 0.3) is 0 Å². The predicted octanol–water partition coefficient (Wildman–Crippen LogP) is 2.47. The fraction of sp³-hybridized carbons (Fsp3) is 0.562. The van der Waals surface area contributed by atoms with Crippen molar-refractivity contribution in [2.24, 2.45) is 0 Å². The lowest BCUT2D eigenvalue weighted by Crippen LogP contribution is -2.36. The molecule has 3 nitrogen and oxygen atoms in total. The summed E-state index contributed by atoms with van der Waals surface area (Å²) < 4.78 is 0. The van der Waals surface area contributed by atoms with Gasteiger partial charge in [-0.15, -0.1) is 0 Å². The molecule has 0 bridgehead atoms. The van der Waals surface area contributed by atoms with Crippen LogP contribution in [0.2, 0.25) is 0 Å². The Morgan fingerprint density at radius 2 is 1.95 bits per heavy atom. The molecule has 1 amide bonds. The molecule has 0 unspecified atom stereocenters. The molecule has 0 heterocycles. The molecule has 1 aromatic rings. The van der Waals surface area contributed by atoms with Crippen LogP contribution in [0.3, 0.4) is 0 Å². The van der Waals surface area contributed by atoms with Crippen LogP contribution >= 0.6 is 0 Å². The highest BCUT2D eigenvalue weighted by Gasteiger charge is 2.06. The van der Waals surface area contributed by atoms with Crippen molar-refractivity contribution in [1.82, 2.24) is 10.2 Å². The van der Waals surface area contributed by atoms with Gasteiger partial charge in [0.05, 0.1) is 6.54 Å². The van der Waals surface area contributed by atoms with Crippen molar-refractivity contribution in [2.75, 3.05) is 26.7 Å². The molecular weight excluding hydrogens is 236 g/mol. The van der Waals surface area contributed by atoms with Gasteiger partial charge in [-0.1, -0.05) is 37.3 Å². The summed E-state index contributed by atoms with van der Waals surface area (Å²) in [5.41, 5.74) is 1.38. The number of amides is 1. The first-order valence-electron chi connectivity index (χ1n) is 7.22. The SMILES string of the molecule is CCCNCC(=O)N(C)CCCCc1ccccc1. The summed E-state index contributed by atoms with van der Waals surface area (Å²) in [6, 6.07) is 10.5. The van der Waals surface area contributed by atoms with E-state index in [0.717, 1.165) is 38.8 Å². The summed E-state index contributed by atoms with van der Waals surface area (Å²) in [6.07, 6.45) is 4.35. The van der Waals surface area contributed by atoms with E-state index in [9.17, 15) is 4.79 Å². The van der Waals surface area contributed by atoms with E-state index >= 15 is 0 Å². The van der Waals surface area contributed by atoms with E-state index in [1.165, 1.54) is 5.56 Å². The summed E-state index contributed by atoms with van der Waals surface area (Å²) in [7, 11) is 1.89. The lowest BCUT2D eigenvalue weighted by atomic mass is 10.1. The van der Waals surface area contributed by atoms with Gasteiger partial charge >= 0.3 is 0 Å². The lowest BCUT2D eigenvalue weighted by molar-refractivity contribution is -0.129. The van der Waals surface area contributed by atoms with Crippen molar-refractivity contribution in [3.63, 3.8) is 0 Å². The van der Waals surface area contributed by atoms with E-state index in [1.54, 1.807) is 0 Å². The van der Waals surface area contributed by atoms with Gasteiger partial charge in [0.2, 0.25) is 5.91 Å². The van der Waals surface area contributed by atoms with Crippen LogP contribution in [-0.2, 0) is 11.2 Å². The van der Waals surface area contributed by atoms with Crippen LogP contribution in [-0.4, -0.2) is 37.5 Å². The molecule has 0 aliphatic carbocycles. The van der Waals surface area contributed by atoms with E-state index in [1.807, 2.05) is 18.0 Å². The first-order valence-corrected chi connectivity index (χ1v) is 7.22. The number of hydrogen-bond acceptors (Lipinski definition) is 2. The minimum absolute atomic E-state index is 0.188. The zero-order valence-electron chi connectivity index (χ0n) is 12.2. The summed E-state index contributed by atoms with van der Waals surface area (Å²) in [5, 5.41) is 3.14. The van der Waals surface area contributed by atoms with Crippen molar-refractivity contribution < 1.29 is 4.79 Å². The molecule has 0 aromatic heterocycles. The van der Waals surface area contributed by atoms with Gasteiger partial charge in [0, 0.05) is 13.6 Å². The third-order valence-electron chi connectivity index (χ3n) is 3.18. The van der Waals surface area contributed by atoms with E-state index in [-0.39, 0.29) is 5.91 Å². The van der Waals surface area contributed by atoms with Crippen LogP contribution in [0.15, 0.2) is 30.3 Å². The van der Waals surface area contributed by atoms with Gasteiger partial charge in [0.15, 0.2) is 0 Å². The van der Waals surface area contributed by atoms with Crippen molar-refractivity contribution in [3.05, 3.63) is 35.9 Å². The number of likely N-dealkylation sites (N-methyl/N-ethyl adjacent to an activating group) is 1. The molecular formula is C16H26N2O. The molecule has 0 fully saturated rings. The zero-order chi connectivity index (χ0) is 13.9. The highest BCUT2D eigenvalue weighted by Crippen LogP contribution is 2.04. The normalized spacial score (nSPS) is 10.4. The first-order chi connectivity index (χ1) is 9.24. The highest BCUT2D eigenvalue weighted by molar-refractivity contribution is 5.77. The summed E-state index contributed by atoms with van der Waals surface area (Å²) in [6.45, 7) is 4.32. The van der Waals surface area contributed by atoms with Gasteiger partial charge in [0.25, 0.3) is 0 Å². The van der Waals surface area contributed by atoms with E-state index in [2.05, 4.69) is 36.5 Å². The van der Waals surface area contributed by atoms with Crippen molar-refractivity contribution in [1.29, 1.82) is 0 Å². The topological polar surface area (TPSA) is 32.3 Å². The Hall–Kier alpha value is -1.35. The number of nitrogens with one attached hydrogen (secondary N) is 1. The highest BCUT2D eigenvalue weighted by atomic mass is 16.2. The molecule has 0 radical (unpaired) electrons. The second-order valence-corrected chi connectivity index (χ2v) is 4.93. The molecule has 106 valence electrons. The van der Waals surface area contributed by atoms with Crippen LogP contribution in [0.1, 0.15) is 31.7 Å². The van der Waals surface area contributed by atoms with Gasteiger partial charge in [-0.3, -0.25) is 4.79 Å². The third-order valence-corrected chi connectivity index (χ3v) is 3.18. The van der Waals surface area contributed by atoms with E-state index in [4.69, 9.17) is 0 Å². The van der Waals surface area contributed by atoms with E-state index in [0.29, 0.717) is 6.54 Å². The Morgan fingerprint density at radius 3 is 2.63 bits per heavy atom. The molecule has 1 rings (SSSR count). The lowest BCUT2D eigenvalue weighted by Gasteiger charge is -2.17. The van der Waals surface area contributed by atoms with Gasteiger partial charge in [-0.25, -0.2) is 0 Å². The van der Waals surface area contributed by atoms with Crippen molar-refractivity contribution in [3.8, 4) is 0 Å². The van der Waals surface area contributed by atoms with Gasteiger partial charge in [-0.2, -0.15) is 0 Å². The number of carbonyl (C=O) groups is 1. The smallest absolute Gasteiger partial charge is 0.236 e. The minimum Gasteiger partial charge on any atom is -0.345 e. The molecule has 0 aliphatic rings. The molecule has 0 saturated carbocycles. The van der Waals surface area contributed by atoms with Crippen molar-refractivity contribution in [2.45, 2.75) is 32.6 Å². The van der Waals surface area contributed by atoms with Crippen molar-refractivity contribution >= 4 is 5.91 Å². The molecule has 0 aliphatic heterocycles. The zero-order valence-corrected chi connectivity index (χ0v) is 12.2.